The maximum atomic E-state index is 14.1. The van der Waals surface area contributed by atoms with Crippen LogP contribution in [-0.4, -0.2) is 43.5 Å². The Bertz CT molecular complexity index is 1740. The summed E-state index contributed by atoms with van der Waals surface area (Å²) >= 11 is 0. The summed E-state index contributed by atoms with van der Waals surface area (Å²) in [5.41, 5.74) is 10.9. The van der Waals surface area contributed by atoms with Gasteiger partial charge in [0.1, 0.15) is 11.5 Å². The first kappa shape index (κ1) is 28.6. The molecule has 1 unspecified atom stereocenters. The molecule has 0 fully saturated rings. The molecule has 0 bridgehead atoms. The molecule has 0 aliphatic carbocycles. The molecule has 4 aliphatic heterocycles. The first-order valence-electron chi connectivity index (χ1n) is 16.6. The molecule has 0 radical (unpaired) electrons. The topological polar surface area (TPSA) is 45.1 Å². The van der Waals surface area contributed by atoms with Gasteiger partial charge in [-0.25, -0.2) is 0 Å². The van der Waals surface area contributed by atoms with E-state index in [0.29, 0.717) is 13.1 Å². The summed E-state index contributed by atoms with van der Waals surface area (Å²) in [6.45, 7) is 10.9. The molecule has 1 amide bonds. The highest BCUT2D eigenvalue weighted by atomic mass is 31.0. The average Bonchev–Trinajstić information content (AvgIpc) is 3.03. The molecular formula is C37H44N3O2P. The van der Waals surface area contributed by atoms with Crippen LogP contribution >= 0.6 is 9.24 Å². The molecule has 0 N–H and O–H groups in total. The lowest BCUT2D eigenvalue weighted by Crippen LogP contribution is -2.36. The van der Waals surface area contributed by atoms with E-state index in [-0.39, 0.29) is 5.91 Å². The standard InChI is InChI=1S/C37H44N3O2P/c1-4-7-11-23-20-30-32(29-22-25(43)15-16-26(29)37(41)39(5-2)6-3)31-21-24-12-9-18-40-19-10-14-28(34(24)40)36(31)42-35(30)27-13-8-17-38-33(23)27/h15-16,20-22H,4-14,17-19,43H2,1-3H3. The first-order valence-corrected chi connectivity index (χ1v) is 17.2. The number of unbranched alkanes of at least 4 members (excludes halogenated alkanes) is 1. The number of nitrogens with zero attached hydrogens (tertiary/aromatic N) is 3. The number of amides is 1. The number of hydrogen-bond acceptors (Lipinski definition) is 4. The maximum absolute atomic E-state index is 14.1. The normalized spacial score (nSPS) is 16.4. The monoisotopic (exact) mass is 593 g/mol. The second-order valence-electron chi connectivity index (χ2n) is 12.5. The van der Waals surface area contributed by atoms with Crippen LogP contribution in [0.15, 0.2) is 35.3 Å². The fourth-order valence-electron chi connectivity index (χ4n) is 7.81. The molecule has 0 saturated carbocycles. The van der Waals surface area contributed by atoms with E-state index in [2.05, 4.69) is 59.2 Å². The Labute approximate surface area is 258 Å². The van der Waals surface area contributed by atoms with Crippen molar-refractivity contribution in [2.24, 2.45) is 4.99 Å². The zero-order valence-electron chi connectivity index (χ0n) is 26.0. The molecule has 4 aliphatic rings. The lowest BCUT2D eigenvalue weighted by Gasteiger charge is -2.39. The van der Waals surface area contributed by atoms with Crippen molar-refractivity contribution in [1.29, 1.82) is 0 Å². The van der Waals surface area contributed by atoms with E-state index >= 15 is 0 Å². The number of benzene rings is 3. The van der Waals surface area contributed by atoms with Gasteiger partial charge in [-0.3, -0.25) is 9.79 Å². The van der Waals surface area contributed by atoms with E-state index in [4.69, 9.17) is 9.73 Å². The molecular weight excluding hydrogens is 549 g/mol. The lowest BCUT2D eigenvalue weighted by atomic mass is 9.82. The Hall–Kier alpha value is -3.17. The molecule has 5 nitrogen and oxygen atoms in total. The number of hydrogen-bond donors (Lipinski definition) is 0. The number of carbonyl (C=O) groups is 1. The van der Waals surface area contributed by atoms with Gasteiger partial charge in [-0.2, -0.15) is 0 Å². The summed E-state index contributed by atoms with van der Waals surface area (Å²) in [6, 6.07) is 11.1. The molecule has 0 aromatic heterocycles. The average molecular weight is 594 g/mol. The van der Waals surface area contributed by atoms with E-state index < -0.39 is 0 Å². The molecule has 0 spiro atoms. The van der Waals surface area contributed by atoms with Crippen molar-refractivity contribution in [2.45, 2.75) is 78.6 Å². The minimum atomic E-state index is 0.0942. The summed E-state index contributed by atoms with van der Waals surface area (Å²) in [5, 5.41) is 3.38. The van der Waals surface area contributed by atoms with Crippen molar-refractivity contribution < 1.29 is 9.53 Å². The van der Waals surface area contributed by atoms with E-state index in [9.17, 15) is 4.79 Å². The number of aryl methyl sites for hydroxylation is 2. The summed E-state index contributed by atoms with van der Waals surface area (Å²) < 4.78 is 7.17. The Kier molecular flexibility index (Phi) is 7.80. The number of anilines is 1. The quantitative estimate of drug-likeness (QED) is 0.261. The maximum Gasteiger partial charge on any atom is 0.254 e. The first-order chi connectivity index (χ1) is 21.0. The Morgan fingerprint density at radius 3 is 2.53 bits per heavy atom. The van der Waals surface area contributed by atoms with Crippen LogP contribution in [0.1, 0.15) is 96.6 Å². The van der Waals surface area contributed by atoms with Gasteiger partial charge in [0.25, 0.3) is 5.91 Å². The van der Waals surface area contributed by atoms with Gasteiger partial charge >= 0.3 is 0 Å². The lowest BCUT2D eigenvalue weighted by molar-refractivity contribution is 0.0772. The van der Waals surface area contributed by atoms with Crippen molar-refractivity contribution in [3.8, 4) is 11.5 Å². The fraction of sp³-hybridized carbons (Fsp3) is 0.459. The van der Waals surface area contributed by atoms with Crippen LogP contribution in [0, 0.1) is 0 Å². The summed E-state index contributed by atoms with van der Waals surface area (Å²) in [5.74, 6) is 2.08. The number of ether oxygens (including phenoxy) is 1. The van der Waals surface area contributed by atoms with Crippen LogP contribution in [0.3, 0.4) is 0 Å². The number of rotatable bonds is 7. The van der Waals surface area contributed by atoms with Crippen LogP contribution < -0.4 is 25.5 Å². The third-order valence-corrected chi connectivity index (χ3v) is 10.3. The van der Waals surface area contributed by atoms with Gasteiger partial charge in [0.15, 0.2) is 0 Å². The largest absolute Gasteiger partial charge is 0.455 e. The summed E-state index contributed by atoms with van der Waals surface area (Å²) in [7, 11) is 2.87. The predicted octanol–water partition coefficient (Wildman–Crippen LogP) is 5.63. The zero-order valence-corrected chi connectivity index (χ0v) is 27.2. The smallest absolute Gasteiger partial charge is 0.254 e. The predicted molar refractivity (Wildman–Crippen MR) is 179 cm³/mol. The number of fused-ring (bicyclic) bond motifs is 5. The van der Waals surface area contributed by atoms with Gasteiger partial charge in [-0.1, -0.05) is 19.4 Å². The molecule has 0 saturated heterocycles. The van der Waals surface area contributed by atoms with Crippen LogP contribution in [0.25, 0.3) is 5.57 Å². The van der Waals surface area contributed by atoms with Crippen molar-refractivity contribution in [1.82, 2.24) is 4.90 Å². The van der Waals surface area contributed by atoms with Crippen LogP contribution in [0.2, 0.25) is 0 Å². The molecule has 43 heavy (non-hydrogen) atoms. The van der Waals surface area contributed by atoms with E-state index in [1.54, 1.807) is 0 Å². The third-order valence-electron chi connectivity index (χ3n) is 9.89. The van der Waals surface area contributed by atoms with Crippen LogP contribution in [0.4, 0.5) is 5.69 Å². The minimum Gasteiger partial charge on any atom is -0.455 e. The van der Waals surface area contributed by atoms with Crippen molar-refractivity contribution in [2.75, 3.05) is 37.6 Å². The second kappa shape index (κ2) is 11.7. The third kappa shape index (κ3) is 4.79. The minimum absolute atomic E-state index is 0.0942. The molecule has 4 heterocycles. The second-order valence-corrected chi connectivity index (χ2v) is 13.2. The zero-order chi connectivity index (χ0) is 29.7. The Morgan fingerprint density at radius 1 is 0.953 bits per heavy atom. The molecule has 3 aromatic carbocycles. The highest BCUT2D eigenvalue weighted by Crippen LogP contribution is 2.48. The molecule has 224 valence electrons. The fourth-order valence-corrected chi connectivity index (χ4v) is 8.08. The highest BCUT2D eigenvalue weighted by molar-refractivity contribution is 7.27. The van der Waals surface area contributed by atoms with Gasteiger partial charge in [0, 0.05) is 71.5 Å². The Balaban J connectivity index is 1.61. The van der Waals surface area contributed by atoms with Crippen molar-refractivity contribution in [3.63, 3.8) is 0 Å². The van der Waals surface area contributed by atoms with Crippen LogP contribution in [0.5, 0.6) is 11.5 Å². The van der Waals surface area contributed by atoms with Crippen LogP contribution in [-0.2, 0) is 25.7 Å². The van der Waals surface area contributed by atoms with Gasteiger partial charge in [0.05, 0.1) is 5.36 Å². The van der Waals surface area contributed by atoms with Gasteiger partial charge in [0.2, 0.25) is 0 Å². The van der Waals surface area contributed by atoms with Gasteiger partial charge in [-0.05, 0) is 111 Å². The molecule has 6 heteroatoms. The Morgan fingerprint density at radius 2 is 1.74 bits per heavy atom. The summed E-state index contributed by atoms with van der Waals surface area (Å²) in [4.78, 5) is 23.7. The van der Waals surface area contributed by atoms with E-state index in [1.165, 1.54) is 34.4 Å². The van der Waals surface area contributed by atoms with Crippen molar-refractivity contribution in [3.05, 3.63) is 79.9 Å². The van der Waals surface area contributed by atoms with E-state index in [0.717, 1.165) is 121 Å². The van der Waals surface area contributed by atoms with E-state index in [1.807, 2.05) is 11.0 Å². The van der Waals surface area contributed by atoms with Gasteiger partial charge in [-0.15, -0.1) is 9.24 Å². The molecule has 1 atom stereocenters. The molecule has 7 rings (SSSR count). The number of carbonyl (C=O) groups excluding carboxylic acids is 1. The van der Waals surface area contributed by atoms with Gasteiger partial charge < -0.3 is 14.5 Å². The summed E-state index contributed by atoms with van der Waals surface area (Å²) in [6.07, 6.45) is 9.75. The van der Waals surface area contributed by atoms with Crippen molar-refractivity contribution >= 4 is 31.7 Å². The molecule has 3 aromatic rings. The SMILES string of the molecule is CCCCc1cc2c(c3c1=NCCC3)Oc1c(cc3c4c1CCCN4CCC3)C=2c1cc(P)ccc1C(=O)N(CC)CC. The highest BCUT2D eigenvalue weighted by Gasteiger charge is 2.34.